The van der Waals surface area contributed by atoms with Gasteiger partial charge in [0.05, 0.1) is 12.5 Å². The van der Waals surface area contributed by atoms with E-state index in [1.54, 1.807) is 11.8 Å². The molecule has 1 aromatic rings. The fourth-order valence-electron chi connectivity index (χ4n) is 3.90. The third-order valence-electron chi connectivity index (χ3n) is 5.15. The van der Waals surface area contributed by atoms with Crippen molar-refractivity contribution in [1.82, 2.24) is 10.2 Å². The van der Waals surface area contributed by atoms with Crippen molar-refractivity contribution in [3.8, 4) is 0 Å². The minimum Gasteiger partial charge on any atom is -0.349 e. The molecule has 3 atom stereocenters. The second kappa shape index (κ2) is 7.85. The maximum atomic E-state index is 13.0. The van der Waals surface area contributed by atoms with Gasteiger partial charge in [0.25, 0.3) is 0 Å². The Hall–Kier alpha value is -2.44. The Kier molecular flexibility index (Phi) is 5.54. The Balaban J connectivity index is 1.74. The monoisotopic (exact) mass is 361 g/mol. The Labute approximate surface area is 152 Å². The highest BCUT2D eigenvalue weighted by molar-refractivity contribution is 5.97. The number of fused-ring (bicyclic) bond motifs is 1. The summed E-state index contributed by atoms with van der Waals surface area (Å²) in [7, 11) is 0. The average molecular weight is 361 g/mol. The molecular weight excluding hydrogens is 337 g/mol. The third kappa shape index (κ3) is 3.86. The molecule has 2 aliphatic rings. The fraction of sp³-hybridized carbons (Fsp3) is 0.526. The maximum Gasteiger partial charge on any atom is 0.243 e. The Bertz CT molecular complexity index is 692. The van der Waals surface area contributed by atoms with Crippen LogP contribution in [0, 0.1) is 5.82 Å². The standard InChI is InChI=1S/C19H24FN3O3/c1-2-18(25)23-15-6-4-3-5-14(15)22-19(26)16(23)11-17(24)21-13-9-7-12(20)8-10-13/h7-10,14-16H,2-6,11H2,1H3,(H,21,24)(H,22,26)/t14-,15+,16-/m0/s1. The second-order valence-corrected chi connectivity index (χ2v) is 6.90. The van der Waals surface area contributed by atoms with Crippen LogP contribution in [0.4, 0.5) is 10.1 Å². The lowest BCUT2D eigenvalue weighted by Crippen LogP contribution is -2.67. The van der Waals surface area contributed by atoms with Crippen molar-refractivity contribution in [3.63, 3.8) is 0 Å². The van der Waals surface area contributed by atoms with Crippen LogP contribution in [0.15, 0.2) is 24.3 Å². The van der Waals surface area contributed by atoms with Gasteiger partial charge in [-0.1, -0.05) is 19.8 Å². The molecule has 6 nitrogen and oxygen atoms in total. The van der Waals surface area contributed by atoms with Gasteiger partial charge in [0.2, 0.25) is 17.7 Å². The van der Waals surface area contributed by atoms with E-state index in [1.807, 2.05) is 0 Å². The van der Waals surface area contributed by atoms with Crippen molar-refractivity contribution >= 4 is 23.4 Å². The first-order chi connectivity index (χ1) is 12.5. The molecule has 2 N–H and O–H groups in total. The van der Waals surface area contributed by atoms with Gasteiger partial charge in [-0.3, -0.25) is 14.4 Å². The van der Waals surface area contributed by atoms with E-state index in [-0.39, 0.29) is 36.2 Å². The number of carbonyl (C=O) groups is 3. The van der Waals surface area contributed by atoms with Crippen LogP contribution in [0.5, 0.6) is 0 Å². The van der Waals surface area contributed by atoms with Gasteiger partial charge in [0, 0.05) is 18.2 Å². The van der Waals surface area contributed by atoms with Crippen molar-refractivity contribution in [2.75, 3.05) is 5.32 Å². The number of benzene rings is 1. The molecule has 26 heavy (non-hydrogen) atoms. The van der Waals surface area contributed by atoms with Crippen LogP contribution in [0.25, 0.3) is 0 Å². The van der Waals surface area contributed by atoms with Crippen LogP contribution in [-0.4, -0.2) is 40.7 Å². The van der Waals surface area contributed by atoms with Gasteiger partial charge < -0.3 is 15.5 Å². The summed E-state index contributed by atoms with van der Waals surface area (Å²) in [5.41, 5.74) is 0.455. The molecule has 0 radical (unpaired) electrons. The minimum atomic E-state index is -0.803. The highest BCUT2D eigenvalue weighted by Crippen LogP contribution is 2.30. The van der Waals surface area contributed by atoms with Crippen molar-refractivity contribution in [3.05, 3.63) is 30.1 Å². The zero-order valence-corrected chi connectivity index (χ0v) is 14.8. The molecule has 3 amide bonds. The molecule has 1 saturated carbocycles. The number of hydrogen-bond acceptors (Lipinski definition) is 3. The number of hydrogen-bond donors (Lipinski definition) is 2. The number of piperazine rings is 1. The number of halogens is 1. The summed E-state index contributed by atoms with van der Waals surface area (Å²) < 4.78 is 13.0. The molecule has 1 aromatic carbocycles. The molecule has 0 spiro atoms. The van der Waals surface area contributed by atoms with Crippen LogP contribution >= 0.6 is 0 Å². The van der Waals surface area contributed by atoms with Gasteiger partial charge in [-0.05, 0) is 37.1 Å². The Morgan fingerprint density at radius 1 is 1.23 bits per heavy atom. The van der Waals surface area contributed by atoms with Crippen LogP contribution in [0.3, 0.4) is 0 Å². The van der Waals surface area contributed by atoms with Crippen molar-refractivity contribution in [2.24, 2.45) is 0 Å². The summed E-state index contributed by atoms with van der Waals surface area (Å²) >= 11 is 0. The van der Waals surface area contributed by atoms with Crippen LogP contribution in [0.2, 0.25) is 0 Å². The molecule has 0 bridgehead atoms. The van der Waals surface area contributed by atoms with Crippen LogP contribution in [-0.2, 0) is 14.4 Å². The predicted octanol–water partition coefficient (Wildman–Crippen LogP) is 2.20. The molecule has 2 fully saturated rings. The molecule has 1 aliphatic carbocycles. The van der Waals surface area contributed by atoms with Crippen LogP contribution in [0.1, 0.15) is 45.4 Å². The summed E-state index contributed by atoms with van der Waals surface area (Å²) in [6.45, 7) is 1.77. The Morgan fingerprint density at radius 2 is 1.92 bits per heavy atom. The van der Waals surface area contributed by atoms with Crippen LogP contribution < -0.4 is 10.6 Å². The third-order valence-corrected chi connectivity index (χ3v) is 5.15. The molecule has 0 unspecified atom stereocenters. The van der Waals surface area contributed by atoms with Crippen molar-refractivity contribution in [1.29, 1.82) is 0 Å². The molecule has 1 aliphatic heterocycles. The molecule has 0 aromatic heterocycles. The van der Waals surface area contributed by atoms with E-state index in [9.17, 15) is 18.8 Å². The van der Waals surface area contributed by atoms with Crippen molar-refractivity contribution < 1.29 is 18.8 Å². The van der Waals surface area contributed by atoms with E-state index < -0.39 is 11.9 Å². The lowest BCUT2D eigenvalue weighted by Gasteiger charge is -2.48. The minimum absolute atomic E-state index is 0.0249. The normalized spacial score (nSPS) is 25.2. The molecule has 1 heterocycles. The maximum absolute atomic E-state index is 13.0. The zero-order valence-electron chi connectivity index (χ0n) is 14.8. The van der Waals surface area contributed by atoms with E-state index in [2.05, 4.69) is 10.6 Å². The van der Waals surface area contributed by atoms with Crippen molar-refractivity contribution in [2.45, 2.75) is 63.6 Å². The number of nitrogens with one attached hydrogen (secondary N) is 2. The Morgan fingerprint density at radius 3 is 2.62 bits per heavy atom. The molecule has 1 saturated heterocycles. The number of amides is 3. The SMILES string of the molecule is CCC(=O)N1[C@@H]2CCCC[C@@H]2NC(=O)[C@@H]1CC(=O)Nc1ccc(F)cc1. The lowest BCUT2D eigenvalue weighted by atomic mass is 9.85. The van der Waals surface area contributed by atoms with Gasteiger partial charge in [-0.25, -0.2) is 4.39 Å². The van der Waals surface area contributed by atoms with Gasteiger partial charge in [0.1, 0.15) is 11.9 Å². The highest BCUT2D eigenvalue weighted by Gasteiger charge is 2.45. The number of anilines is 1. The quantitative estimate of drug-likeness (QED) is 0.863. The van der Waals surface area contributed by atoms with E-state index in [1.165, 1.54) is 24.3 Å². The largest absolute Gasteiger partial charge is 0.349 e. The summed E-state index contributed by atoms with van der Waals surface area (Å²) in [5, 5.41) is 5.65. The van der Waals surface area contributed by atoms with E-state index in [4.69, 9.17) is 0 Å². The summed E-state index contributed by atoms with van der Waals surface area (Å²) in [5.74, 6) is -1.14. The first-order valence-corrected chi connectivity index (χ1v) is 9.16. The average Bonchev–Trinajstić information content (AvgIpc) is 2.63. The van der Waals surface area contributed by atoms with E-state index in [0.717, 1.165) is 25.7 Å². The first-order valence-electron chi connectivity index (χ1n) is 9.16. The van der Waals surface area contributed by atoms with Gasteiger partial charge in [0.15, 0.2) is 0 Å². The molecular formula is C19H24FN3O3. The van der Waals surface area contributed by atoms with E-state index >= 15 is 0 Å². The highest BCUT2D eigenvalue weighted by atomic mass is 19.1. The zero-order chi connectivity index (χ0) is 18.7. The molecule has 140 valence electrons. The first kappa shape index (κ1) is 18.4. The number of carbonyl (C=O) groups excluding carboxylic acids is 3. The topological polar surface area (TPSA) is 78.5 Å². The lowest BCUT2D eigenvalue weighted by molar-refractivity contribution is -0.151. The van der Waals surface area contributed by atoms with Gasteiger partial charge >= 0.3 is 0 Å². The molecule has 3 rings (SSSR count). The number of rotatable bonds is 4. The second-order valence-electron chi connectivity index (χ2n) is 6.90. The fourth-order valence-corrected chi connectivity index (χ4v) is 3.90. The summed E-state index contributed by atoms with van der Waals surface area (Å²) in [6, 6.07) is 4.55. The number of nitrogens with zero attached hydrogens (tertiary/aromatic N) is 1. The predicted molar refractivity (Wildman–Crippen MR) is 94.8 cm³/mol. The van der Waals surface area contributed by atoms with Gasteiger partial charge in [-0.15, -0.1) is 0 Å². The molecule has 7 heteroatoms. The van der Waals surface area contributed by atoms with E-state index in [0.29, 0.717) is 12.1 Å². The summed E-state index contributed by atoms with van der Waals surface area (Å²) in [4.78, 5) is 39.1. The smallest absolute Gasteiger partial charge is 0.243 e. The van der Waals surface area contributed by atoms with Gasteiger partial charge in [-0.2, -0.15) is 0 Å². The summed E-state index contributed by atoms with van der Waals surface area (Å²) in [6.07, 6.45) is 3.93.